The van der Waals surface area contributed by atoms with Gasteiger partial charge in [0.2, 0.25) is 0 Å². The molecule has 3 N–H and O–H groups in total. The van der Waals surface area contributed by atoms with Crippen molar-refractivity contribution in [1.29, 1.82) is 0 Å². The van der Waals surface area contributed by atoms with E-state index in [0.29, 0.717) is 5.56 Å². The SMILES string of the molecule is Br.NC(CO)C(=O)OCc1ccc([N+](=O)[O-])cc1. The summed E-state index contributed by atoms with van der Waals surface area (Å²) in [6, 6.07) is 4.53. The number of nitro groups is 1. The molecular weight excluding hydrogens is 308 g/mol. The summed E-state index contributed by atoms with van der Waals surface area (Å²) in [4.78, 5) is 21.0. The van der Waals surface area contributed by atoms with Crippen LogP contribution in [0.2, 0.25) is 0 Å². The van der Waals surface area contributed by atoms with Crippen molar-refractivity contribution >= 4 is 28.6 Å². The van der Waals surface area contributed by atoms with E-state index in [2.05, 4.69) is 0 Å². The van der Waals surface area contributed by atoms with E-state index in [4.69, 9.17) is 15.6 Å². The van der Waals surface area contributed by atoms with Crippen LogP contribution in [0.15, 0.2) is 24.3 Å². The minimum atomic E-state index is -1.06. The van der Waals surface area contributed by atoms with E-state index in [1.807, 2.05) is 0 Å². The molecule has 1 rings (SSSR count). The smallest absolute Gasteiger partial charge is 0.325 e. The molecule has 0 amide bonds. The molecule has 100 valence electrons. The van der Waals surface area contributed by atoms with Gasteiger partial charge in [-0.2, -0.15) is 0 Å². The molecule has 1 atom stereocenters. The first-order chi connectivity index (χ1) is 8.04. The van der Waals surface area contributed by atoms with Crippen LogP contribution in [0.5, 0.6) is 0 Å². The zero-order valence-corrected chi connectivity index (χ0v) is 11.0. The number of carbonyl (C=O) groups excluding carboxylic acids is 1. The number of aliphatic hydroxyl groups is 1. The lowest BCUT2D eigenvalue weighted by molar-refractivity contribution is -0.384. The number of hydrogen-bond donors (Lipinski definition) is 2. The largest absolute Gasteiger partial charge is 0.460 e. The predicted molar refractivity (Wildman–Crippen MR) is 68.3 cm³/mol. The fourth-order valence-electron chi connectivity index (χ4n) is 1.05. The second-order valence-corrected chi connectivity index (χ2v) is 3.32. The number of aliphatic hydroxyl groups excluding tert-OH is 1. The molecule has 0 aliphatic heterocycles. The second kappa shape index (κ2) is 7.75. The minimum absolute atomic E-state index is 0. The summed E-state index contributed by atoms with van der Waals surface area (Å²) in [6.07, 6.45) is 0. The van der Waals surface area contributed by atoms with Crippen LogP contribution in [0.4, 0.5) is 5.69 Å². The van der Waals surface area contributed by atoms with Crippen LogP contribution < -0.4 is 5.73 Å². The Kier molecular flexibility index (Phi) is 7.10. The first-order valence-electron chi connectivity index (χ1n) is 4.81. The quantitative estimate of drug-likeness (QED) is 0.464. The Morgan fingerprint density at radius 1 is 1.44 bits per heavy atom. The number of nitrogens with two attached hydrogens (primary N) is 1. The lowest BCUT2D eigenvalue weighted by Gasteiger charge is -2.08. The molecule has 8 heteroatoms. The molecule has 0 aliphatic carbocycles. The standard InChI is InChI=1S/C10H12N2O5.BrH/c11-9(5-13)10(14)17-6-7-1-3-8(4-2-7)12(15)16;/h1-4,9,13H,5-6,11H2;1H. The van der Waals surface area contributed by atoms with Gasteiger partial charge in [-0.15, -0.1) is 17.0 Å². The van der Waals surface area contributed by atoms with Crippen molar-refractivity contribution < 1.29 is 19.6 Å². The number of carbonyl (C=O) groups is 1. The highest BCUT2D eigenvalue weighted by molar-refractivity contribution is 8.93. The summed E-state index contributed by atoms with van der Waals surface area (Å²) in [5.41, 5.74) is 5.80. The van der Waals surface area contributed by atoms with Gasteiger partial charge >= 0.3 is 5.97 Å². The summed E-state index contributed by atoms with van der Waals surface area (Å²) in [7, 11) is 0. The number of non-ortho nitro benzene ring substituents is 1. The van der Waals surface area contributed by atoms with E-state index in [-0.39, 0.29) is 29.3 Å². The third-order valence-electron chi connectivity index (χ3n) is 2.03. The van der Waals surface area contributed by atoms with Crippen LogP contribution in [0.25, 0.3) is 0 Å². The third kappa shape index (κ3) is 4.78. The van der Waals surface area contributed by atoms with E-state index >= 15 is 0 Å². The Labute approximate surface area is 113 Å². The summed E-state index contributed by atoms with van der Waals surface area (Å²) in [5, 5.41) is 19.0. The highest BCUT2D eigenvalue weighted by atomic mass is 79.9. The van der Waals surface area contributed by atoms with Gasteiger partial charge in [0, 0.05) is 12.1 Å². The molecular formula is C10H13BrN2O5. The van der Waals surface area contributed by atoms with Crippen molar-refractivity contribution in [3.8, 4) is 0 Å². The zero-order valence-electron chi connectivity index (χ0n) is 9.31. The Morgan fingerprint density at radius 3 is 2.44 bits per heavy atom. The number of ether oxygens (including phenoxy) is 1. The van der Waals surface area contributed by atoms with Gasteiger partial charge in [0.15, 0.2) is 0 Å². The Morgan fingerprint density at radius 2 is 2.00 bits per heavy atom. The monoisotopic (exact) mass is 320 g/mol. The Bertz CT molecular complexity index is 409. The number of halogens is 1. The van der Waals surface area contributed by atoms with Crippen LogP contribution in [0, 0.1) is 10.1 Å². The van der Waals surface area contributed by atoms with Gasteiger partial charge in [0.1, 0.15) is 12.6 Å². The average Bonchev–Trinajstić information content (AvgIpc) is 2.35. The molecule has 0 spiro atoms. The van der Waals surface area contributed by atoms with E-state index < -0.39 is 23.5 Å². The normalized spacial score (nSPS) is 11.2. The van der Waals surface area contributed by atoms with Gasteiger partial charge in [-0.3, -0.25) is 14.9 Å². The Balaban J connectivity index is 0.00000289. The molecule has 0 aromatic heterocycles. The minimum Gasteiger partial charge on any atom is -0.460 e. The summed E-state index contributed by atoms with van der Waals surface area (Å²) < 4.78 is 4.79. The number of esters is 1. The number of nitro benzene ring substituents is 1. The second-order valence-electron chi connectivity index (χ2n) is 3.32. The maximum absolute atomic E-state index is 11.1. The van der Waals surface area contributed by atoms with Gasteiger partial charge in [-0.25, -0.2) is 0 Å². The van der Waals surface area contributed by atoms with Gasteiger partial charge in [-0.1, -0.05) is 0 Å². The lowest BCUT2D eigenvalue weighted by atomic mass is 10.2. The lowest BCUT2D eigenvalue weighted by Crippen LogP contribution is -2.35. The molecule has 7 nitrogen and oxygen atoms in total. The van der Waals surface area contributed by atoms with E-state index in [0.717, 1.165) is 0 Å². The molecule has 0 radical (unpaired) electrons. The summed E-state index contributed by atoms with van der Waals surface area (Å²) >= 11 is 0. The van der Waals surface area contributed by atoms with Gasteiger partial charge < -0.3 is 15.6 Å². The molecule has 1 aromatic carbocycles. The molecule has 1 unspecified atom stereocenters. The molecule has 1 aromatic rings. The first-order valence-corrected chi connectivity index (χ1v) is 4.81. The van der Waals surface area contributed by atoms with Crippen LogP contribution in [0.1, 0.15) is 5.56 Å². The maximum Gasteiger partial charge on any atom is 0.325 e. The van der Waals surface area contributed by atoms with Crippen molar-refractivity contribution in [2.45, 2.75) is 12.6 Å². The highest BCUT2D eigenvalue weighted by Crippen LogP contribution is 2.12. The summed E-state index contributed by atoms with van der Waals surface area (Å²) in [5.74, 6) is -0.717. The Hall–Kier alpha value is -1.51. The van der Waals surface area contributed by atoms with Crippen LogP contribution in [-0.2, 0) is 16.1 Å². The fourth-order valence-corrected chi connectivity index (χ4v) is 1.05. The topological polar surface area (TPSA) is 116 Å². The average molecular weight is 321 g/mol. The highest BCUT2D eigenvalue weighted by Gasteiger charge is 2.13. The summed E-state index contributed by atoms with van der Waals surface area (Å²) in [6.45, 7) is -0.524. The number of benzene rings is 1. The molecule has 0 saturated carbocycles. The molecule has 0 bridgehead atoms. The fraction of sp³-hybridized carbons (Fsp3) is 0.300. The van der Waals surface area contributed by atoms with E-state index in [1.165, 1.54) is 24.3 Å². The van der Waals surface area contributed by atoms with Gasteiger partial charge in [-0.05, 0) is 17.7 Å². The van der Waals surface area contributed by atoms with Crippen LogP contribution in [0.3, 0.4) is 0 Å². The number of hydrogen-bond acceptors (Lipinski definition) is 6. The van der Waals surface area contributed by atoms with E-state index in [9.17, 15) is 14.9 Å². The van der Waals surface area contributed by atoms with Crippen molar-refractivity contribution in [1.82, 2.24) is 0 Å². The molecule has 18 heavy (non-hydrogen) atoms. The van der Waals surface area contributed by atoms with Crippen molar-refractivity contribution in [2.24, 2.45) is 5.73 Å². The molecule has 0 heterocycles. The van der Waals surface area contributed by atoms with Crippen LogP contribution in [-0.4, -0.2) is 28.6 Å². The van der Waals surface area contributed by atoms with E-state index in [1.54, 1.807) is 0 Å². The van der Waals surface area contributed by atoms with Crippen molar-refractivity contribution in [2.75, 3.05) is 6.61 Å². The van der Waals surface area contributed by atoms with Crippen molar-refractivity contribution in [3.63, 3.8) is 0 Å². The maximum atomic E-state index is 11.1. The zero-order chi connectivity index (χ0) is 12.8. The van der Waals surface area contributed by atoms with Gasteiger partial charge in [0.05, 0.1) is 11.5 Å². The van der Waals surface area contributed by atoms with Gasteiger partial charge in [0.25, 0.3) is 5.69 Å². The van der Waals surface area contributed by atoms with Crippen molar-refractivity contribution in [3.05, 3.63) is 39.9 Å². The number of nitrogens with zero attached hydrogens (tertiary/aromatic N) is 1. The third-order valence-corrected chi connectivity index (χ3v) is 2.03. The number of rotatable bonds is 5. The van der Waals surface area contributed by atoms with Crippen LogP contribution >= 0.6 is 17.0 Å². The molecule has 0 saturated heterocycles. The first kappa shape index (κ1) is 16.5. The molecule has 0 aliphatic rings. The predicted octanol–water partition coefficient (Wildman–Crippen LogP) is 0.535. The molecule has 0 fully saturated rings.